The number of carbonyl (C=O) groups is 6. The zero-order chi connectivity index (χ0) is 50.4. The maximum atomic E-state index is 13.3. The van der Waals surface area contributed by atoms with Gasteiger partial charge in [-0.05, 0) is 47.9 Å². The van der Waals surface area contributed by atoms with Crippen LogP contribution >= 0.6 is 11.6 Å². The van der Waals surface area contributed by atoms with Gasteiger partial charge in [-0.15, -0.1) is 16.7 Å². The maximum absolute atomic E-state index is 13.3. The largest absolute Gasteiger partial charge is 0.467 e. The van der Waals surface area contributed by atoms with Gasteiger partial charge < -0.3 is 53.8 Å². The number of methoxy groups -OCH3 is 1. The monoisotopic (exact) mass is 1010 g/mol. The van der Waals surface area contributed by atoms with Crippen molar-refractivity contribution in [2.24, 2.45) is 0 Å². The van der Waals surface area contributed by atoms with Crippen LogP contribution in [0.3, 0.4) is 0 Å². The van der Waals surface area contributed by atoms with Gasteiger partial charge in [0.1, 0.15) is 23.7 Å². The first-order chi connectivity index (χ1) is 35.1. The van der Waals surface area contributed by atoms with Crippen LogP contribution < -0.4 is 16.0 Å². The predicted octanol–water partition coefficient (Wildman–Crippen LogP) is 2.90. The molecule has 1 fully saturated rings. The van der Waals surface area contributed by atoms with Crippen molar-refractivity contribution in [1.29, 1.82) is 0 Å². The number of imide groups is 1. The maximum Gasteiger partial charge on any atom is 0.328 e. The summed E-state index contributed by atoms with van der Waals surface area (Å²) in [7, 11) is 1.30. The van der Waals surface area contributed by atoms with Crippen molar-refractivity contribution in [2.45, 2.75) is 57.0 Å². The Hall–Kier alpha value is -6.75. The van der Waals surface area contributed by atoms with Crippen LogP contribution in [0.15, 0.2) is 72.9 Å². The Labute approximate surface area is 420 Å². The van der Waals surface area contributed by atoms with E-state index in [1.54, 1.807) is 47.3 Å². The number of aromatic nitrogens is 4. The van der Waals surface area contributed by atoms with Crippen molar-refractivity contribution < 1.29 is 57.2 Å². The third kappa shape index (κ3) is 12.5. The number of hydrogen-bond donors (Lipinski definition) is 4. The molecular weight excluding hydrogens is 954 g/mol. The van der Waals surface area contributed by atoms with E-state index in [0.29, 0.717) is 115 Å². The number of carbonyl (C=O) groups excluding carboxylic acids is 6. The summed E-state index contributed by atoms with van der Waals surface area (Å²) >= 11 is 6.08. The van der Waals surface area contributed by atoms with Gasteiger partial charge in [-0.1, -0.05) is 41.6 Å². The number of halogens is 1. The van der Waals surface area contributed by atoms with E-state index in [1.165, 1.54) is 16.9 Å². The molecule has 0 radical (unpaired) electrons. The van der Waals surface area contributed by atoms with Crippen LogP contribution in [0.2, 0.25) is 0 Å². The highest BCUT2D eigenvalue weighted by Crippen LogP contribution is 2.41. The first-order valence-electron chi connectivity index (χ1n) is 23.9. The fraction of sp³-hybridized carbons (Fsp3) is 0.440. The number of fused-ring (bicyclic) bond motifs is 4. The molecule has 5 amide bonds. The van der Waals surface area contributed by atoms with Crippen molar-refractivity contribution >= 4 is 63.7 Å². The van der Waals surface area contributed by atoms with Crippen molar-refractivity contribution in [3.8, 4) is 0 Å². The average molecular weight is 1010 g/mol. The van der Waals surface area contributed by atoms with Crippen molar-refractivity contribution in [1.82, 2.24) is 40.4 Å². The van der Waals surface area contributed by atoms with Gasteiger partial charge in [0.15, 0.2) is 0 Å². The molecule has 21 nitrogen and oxygen atoms in total. The molecular formula is C50H58ClN9O12. The quantitative estimate of drug-likeness (QED) is 0.0269. The number of benzene rings is 3. The molecule has 3 aromatic carbocycles. The van der Waals surface area contributed by atoms with Gasteiger partial charge in [0.2, 0.25) is 17.7 Å². The van der Waals surface area contributed by atoms with Gasteiger partial charge in [0.05, 0.1) is 98.5 Å². The SMILES string of the molecule is COC(=O)[C@H]1Cc2c([nH]c3ccccc23)[C@H](c2ccc(C(=O)NCc3cn(CCOCCOCCOCCOCCOCCNc4cccc5c4CN(C4CCC(=O)NC4=O)C5=O)nn3)cc2)N1C(=O)CCl. The second-order valence-electron chi connectivity index (χ2n) is 17.1. The Balaban J connectivity index is 0.647. The van der Waals surface area contributed by atoms with Crippen LogP contribution in [0, 0.1) is 0 Å². The van der Waals surface area contributed by atoms with E-state index in [9.17, 15) is 28.8 Å². The molecule has 0 spiro atoms. The number of esters is 1. The number of anilines is 1. The normalized spacial score (nSPS) is 17.5. The number of ether oxygens (including phenoxy) is 6. The molecule has 3 atom stereocenters. The van der Waals surface area contributed by atoms with E-state index in [4.69, 9.17) is 40.0 Å². The first-order valence-corrected chi connectivity index (χ1v) is 24.4. The summed E-state index contributed by atoms with van der Waals surface area (Å²) in [6.45, 7) is 5.51. The Morgan fingerprint density at radius 1 is 0.819 bits per heavy atom. The number of para-hydroxylation sites is 1. The zero-order valence-electron chi connectivity index (χ0n) is 39.9. The second-order valence-corrected chi connectivity index (χ2v) is 17.4. The number of amides is 5. The molecule has 5 aromatic rings. The lowest BCUT2D eigenvalue weighted by molar-refractivity contribution is -0.154. The Morgan fingerprint density at radius 2 is 1.51 bits per heavy atom. The number of piperidine rings is 1. The molecule has 8 rings (SSSR count). The minimum atomic E-state index is -0.889. The fourth-order valence-corrected chi connectivity index (χ4v) is 9.24. The highest BCUT2D eigenvalue weighted by Gasteiger charge is 2.44. The average Bonchev–Trinajstić information content (AvgIpc) is 4.12. The molecule has 3 aliphatic heterocycles. The van der Waals surface area contributed by atoms with Gasteiger partial charge in [-0.25, -0.2) is 9.48 Å². The first kappa shape index (κ1) is 51.6. The number of rotatable bonds is 26. The van der Waals surface area contributed by atoms with E-state index in [1.807, 2.05) is 30.3 Å². The van der Waals surface area contributed by atoms with Crippen LogP contribution in [0.1, 0.15) is 67.7 Å². The van der Waals surface area contributed by atoms with Crippen LogP contribution in [0.5, 0.6) is 0 Å². The third-order valence-corrected chi connectivity index (χ3v) is 12.8. The lowest BCUT2D eigenvalue weighted by Crippen LogP contribution is -2.52. The van der Waals surface area contributed by atoms with Crippen molar-refractivity contribution in [2.75, 3.05) is 90.9 Å². The molecule has 3 aliphatic rings. The number of aromatic amines is 1. The smallest absolute Gasteiger partial charge is 0.328 e. The minimum absolute atomic E-state index is 0.151. The predicted molar refractivity (Wildman–Crippen MR) is 260 cm³/mol. The molecule has 0 saturated carbocycles. The standard InChI is InChI=1S/C50H58ClN9O12/c1-67-50(66)42-27-37-35-5-2-3-7-40(35)54-45(37)46(60(42)44(62)28-51)32-9-11-33(12-10-32)47(63)53-29-34-30-58(57-56-34)16-18-69-20-22-71-24-26-72-25-23-70-21-19-68-17-15-52-39-8-4-6-36-38(39)31-59(49(36)65)41-13-14-43(61)55-48(41)64/h2-12,30,41-42,46,52,54H,13-29,31H2,1H3,(H,53,63)(H,55,61,64)/t41?,42-,46+/m1/s1. The second kappa shape index (κ2) is 25.1. The van der Waals surface area contributed by atoms with E-state index in [2.05, 4.69) is 31.2 Å². The molecule has 382 valence electrons. The third-order valence-electron chi connectivity index (χ3n) is 12.6. The molecule has 1 saturated heterocycles. The van der Waals surface area contributed by atoms with Crippen LogP contribution in [0.25, 0.3) is 10.9 Å². The van der Waals surface area contributed by atoms with Crippen LogP contribution in [-0.4, -0.2) is 163 Å². The molecule has 2 aromatic heterocycles. The minimum Gasteiger partial charge on any atom is -0.467 e. The topological polar surface area (TPSA) is 247 Å². The lowest BCUT2D eigenvalue weighted by atomic mass is 9.87. The van der Waals surface area contributed by atoms with Crippen LogP contribution in [-0.2, 0) is 73.7 Å². The summed E-state index contributed by atoms with van der Waals surface area (Å²) < 4.78 is 34.9. The summed E-state index contributed by atoms with van der Waals surface area (Å²) in [6, 6.07) is 17.9. The van der Waals surface area contributed by atoms with Gasteiger partial charge in [-0.2, -0.15) is 0 Å². The van der Waals surface area contributed by atoms with E-state index < -0.39 is 35.9 Å². The van der Waals surface area contributed by atoms with Gasteiger partial charge in [-0.3, -0.25) is 29.3 Å². The van der Waals surface area contributed by atoms with Gasteiger partial charge in [0, 0.05) is 64.9 Å². The number of nitrogens with zero attached hydrogens (tertiary/aromatic N) is 5. The molecule has 5 heterocycles. The lowest BCUT2D eigenvalue weighted by Gasteiger charge is -2.40. The highest BCUT2D eigenvalue weighted by atomic mass is 35.5. The van der Waals surface area contributed by atoms with E-state index >= 15 is 0 Å². The Kier molecular flexibility index (Phi) is 18.0. The Bertz CT molecular complexity index is 2710. The fourth-order valence-electron chi connectivity index (χ4n) is 9.10. The number of hydrogen-bond acceptors (Lipinski definition) is 15. The molecule has 72 heavy (non-hydrogen) atoms. The van der Waals surface area contributed by atoms with Gasteiger partial charge >= 0.3 is 5.97 Å². The molecule has 4 N–H and O–H groups in total. The molecule has 22 heteroatoms. The molecule has 1 unspecified atom stereocenters. The number of H-pyrrole nitrogens is 1. The van der Waals surface area contributed by atoms with Gasteiger partial charge in [0.25, 0.3) is 11.8 Å². The number of nitrogens with one attached hydrogen (secondary N) is 4. The zero-order valence-corrected chi connectivity index (χ0v) is 40.7. The summed E-state index contributed by atoms with van der Waals surface area (Å²) in [5.74, 6) is -2.57. The molecule has 0 bridgehead atoms. The summed E-state index contributed by atoms with van der Waals surface area (Å²) in [4.78, 5) is 83.0. The summed E-state index contributed by atoms with van der Waals surface area (Å²) in [5, 5.41) is 17.8. The van der Waals surface area contributed by atoms with Crippen LogP contribution in [0.4, 0.5) is 5.69 Å². The molecule has 0 aliphatic carbocycles. The van der Waals surface area contributed by atoms with Crippen molar-refractivity contribution in [3.63, 3.8) is 0 Å². The van der Waals surface area contributed by atoms with Crippen molar-refractivity contribution in [3.05, 3.63) is 112 Å². The van der Waals surface area contributed by atoms with E-state index in [-0.39, 0.29) is 43.0 Å². The summed E-state index contributed by atoms with van der Waals surface area (Å²) in [6.07, 6.45) is 2.53. The van der Waals surface area contributed by atoms with E-state index in [0.717, 1.165) is 33.4 Å². The highest BCUT2D eigenvalue weighted by molar-refractivity contribution is 6.27. The Morgan fingerprint density at radius 3 is 2.21 bits per heavy atom. The summed E-state index contributed by atoms with van der Waals surface area (Å²) in [5.41, 5.74) is 6.42. The number of alkyl halides is 1.